The van der Waals surface area contributed by atoms with Crippen molar-refractivity contribution in [2.45, 2.75) is 84.7 Å². The van der Waals surface area contributed by atoms with Crippen molar-refractivity contribution in [2.75, 3.05) is 6.61 Å². The van der Waals surface area contributed by atoms with E-state index in [1.807, 2.05) is 0 Å². The molecule has 1 heterocycles. The average Bonchev–Trinajstić information content (AvgIpc) is 2.75. The number of unbranched alkanes of at least 4 members (excludes halogenated alkanes) is 2. The number of benzene rings is 2. The van der Waals surface area contributed by atoms with Crippen LogP contribution in [0, 0.1) is 6.92 Å². The van der Waals surface area contributed by atoms with Gasteiger partial charge in [0.25, 0.3) is 9.04 Å². The number of fused-ring (bicyclic) bond motifs is 1. The minimum absolute atomic E-state index is 0.00550. The van der Waals surface area contributed by atoms with Gasteiger partial charge in [0.15, 0.2) is 0 Å². The van der Waals surface area contributed by atoms with Crippen LogP contribution in [0.15, 0.2) is 42.5 Å². The predicted octanol–water partition coefficient (Wildman–Crippen LogP) is 6.96. The molecule has 1 aromatic heterocycles. The van der Waals surface area contributed by atoms with Crippen LogP contribution in [0.3, 0.4) is 0 Å². The van der Waals surface area contributed by atoms with Crippen molar-refractivity contribution in [1.29, 1.82) is 0 Å². The molecule has 0 saturated carbocycles. The van der Waals surface area contributed by atoms with Crippen molar-refractivity contribution in [2.24, 2.45) is 0 Å². The van der Waals surface area contributed by atoms with Crippen molar-refractivity contribution < 1.29 is 9.53 Å². The van der Waals surface area contributed by atoms with Gasteiger partial charge in [-0.1, -0.05) is 57.5 Å². The van der Waals surface area contributed by atoms with E-state index in [-0.39, 0.29) is 5.41 Å². The van der Waals surface area contributed by atoms with E-state index in [0.717, 1.165) is 49.8 Å². The van der Waals surface area contributed by atoms with Gasteiger partial charge in [0, 0.05) is 17.7 Å². The molecule has 0 fully saturated rings. The summed E-state index contributed by atoms with van der Waals surface area (Å²) in [4.78, 5) is 5.12. The zero-order valence-corrected chi connectivity index (χ0v) is 22.3. The first kappa shape index (κ1) is 25.4. The number of nitrogens with zero attached hydrogens (tertiary/aromatic N) is 1. The largest absolute Gasteiger partial charge is 0.542 e. The molecule has 33 heavy (non-hydrogen) atoms. The lowest BCUT2D eigenvalue weighted by molar-refractivity contribution is 0.283. The van der Waals surface area contributed by atoms with Crippen LogP contribution in [0.4, 0.5) is 0 Å². The third-order valence-corrected chi connectivity index (χ3v) is 6.81. The Morgan fingerprint density at radius 2 is 1.55 bits per heavy atom. The summed E-state index contributed by atoms with van der Waals surface area (Å²) < 4.78 is 6.29. The molecule has 2 aromatic carbocycles. The summed E-state index contributed by atoms with van der Waals surface area (Å²) in [5.74, 6) is 0.980. The standard InChI is InChI=1S/C29H40NO2Si/c1-21-24(19-18-23-16-14-22(15-17-23)11-8-7-9-20-31)30-25-12-10-13-26(32-33(5)6)27(25)28(21)29(2,3)4/h10,12-17,31H,7-9,11,18-20H2,1-6H3. The quantitative estimate of drug-likeness (QED) is 0.261. The lowest BCUT2D eigenvalue weighted by atomic mass is 9.80. The molecule has 0 aliphatic rings. The predicted molar refractivity (Wildman–Crippen MR) is 142 cm³/mol. The first-order valence-corrected chi connectivity index (χ1v) is 14.7. The van der Waals surface area contributed by atoms with Gasteiger partial charge in [0.2, 0.25) is 0 Å². The highest BCUT2D eigenvalue weighted by Gasteiger charge is 2.25. The molecule has 0 aliphatic heterocycles. The number of hydrogen-bond acceptors (Lipinski definition) is 3. The van der Waals surface area contributed by atoms with E-state index in [9.17, 15) is 0 Å². The molecule has 0 aliphatic carbocycles. The lowest BCUT2D eigenvalue weighted by Crippen LogP contribution is -2.18. The van der Waals surface area contributed by atoms with Crippen molar-refractivity contribution in [1.82, 2.24) is 4.98 Å². The number of hydrogen-bond donors (Lipinski definition) is 1. The van der Waals surface area contributed by atoms with Crippen molar-refractivity contribution in [3.8, 4) is 5.75 Å². The second kappa shape index (κ2) is 11.3. The van der Waals surface area contributed by atoms with E-state index >= 15 is 0 Å². The molecular formula is C29H40NO2Si. The van der Waals surface area contributed by atoms with Crippen LogP contribution in [-0.4, -0.2) is 25.7 Å². The molecule has 1 N–H and O–H groups in total. The lowest BCUT2D eigenvalue weighted by Gasteiger charge is -2.27. The number of aromatic nitrogens is 1. The fourth-order valence-electron chi connectivity index (χ4n) is 4.66. The smallest absolute Gasteiger partial charge is 0.274 e. The maximum Gasteiger partial charge on any atom is 0.274 e. The van der Waals surface area contributed by atoms with E-state index in [1.165, 1.54) is 33.3 Å². The van der Waals surface area contributed by atoms with Crippen LogP contribution in [0.1, 0.15) is 68.0 Å². The molecule has 4 heteroatoms. The highest BCUT2D eigenvalue weighted by atomic mass is 28.3. The fourth-order valence-corrected chi connectivity index (χ4v) is 5.27. The Labute approximate surface area is 202 Å². The summed E-state index contributed by atoms with van der Waals surface area (Å²) in [5, 5.41) is 10.1. The minimum Gasteiger partial charge on any atom is -0.542 e. The zero-order chi connectivity index (χ0) is 24.0. The van der Waals surface area contributed by atoms with Gasteiger partial charge in [-0.15, -0.1) is 0 Å². The maximum atomic E-state index is 8.93. The van der Waals surface area contributed by atoms with E-state index in [4.69, 9.17) is 14.5 Å². The summed E-state index contributed by atoms with van der Waals surface area (Å²) in [5.41, 5.74) is 7.63. The van der Waals surface area contributed by atoms with Gasteiger partial charge in [-0.3, -0.25) is 4.98 Å². The summed E-state index contributed by atoms with van der Waals surface area (Å²) in [7, 11) is -0.858. The van der Waals surface area contributed by atoms with E-state index < -0.39 is 9.04 Å². The second-order valence-corrected chi connectivity index (χ2v) is 12.3. The molecule has 177 valence electrons. The van der Waals surface area contributed by atoms with Gasteiger partial charge in [-0.05, 0) is 91.9 Å². The van der Waals surface area contributed by atoms with Gasteiger partial charge < -0.3 is 9.53 Å². The first-order chi connectivity index (χ1) is 15.7. The van der Waals surface area contributed by atoms with E-state index in [1.54, 1.807) is 0 Å². The minimum atomic E-state index is -0.858. The van der Waals surface area contributed by atoms with Gasteiger partial charge in [0.1, 0.15) is 5.75 Å². The monoisotopic (exact) mass is 462 g/mol. The molecule has 3 rings (SSSR count). The van der Waals surface area contributed by atoms with Crippen LogP contribution in [0.5, 0.6) is 5.75 Å². The summed E-state index contributed by atoms with van der Waals surface area (Å²) in [6.45, 7) is 13.8. The Bertz CT molecular complexity index is 1050. The van der Waals surface area contributed by atoms with Crippen molar-refractivity contribution in [3.05, 3.63) is 70.4 Å². The molecule has 1 radical (unpaired) electrons. The highest BCUT2D eigenvalue weighted by molar-refractivity contribution is 6.49. The van der Waals surface area contributed by atoms with Crippen LogP contribution < -0.4 is 4.43 Å². The van der Waals surface area contributed by atoms with Gasteiger partial charge in [-0.25, -0.2) is 0 Å². The number of aliphatic hydroxyl groups excluding tert-OH is 1. The Balaban J connectivity index is 1.85. The Morgan fingerprint density at radius 1 is 0.879 bits per heavy atom. The van der Waals surface area contributed by atoms with Gasteiger partial charge in [-0.2, -0.15) is 0 Å². The van der Waals surface area contributed by atoms with Crippen LogP contribution in [0.25, 0.3) is 10.9 Å². The Morgan fingerprint density at radius 3 is 2.15 bits per heavy atom. The molecule has 0 atom stereocenters. The molecule has 3 nitrogen and oxygen atoms in total. The summed E-state index contributed by atoms with van der Waals surface area (Å²) in [6, 6.07) is 15.3. The van der Waals surface area contributed by atoms with Gasteiger partial charge in [0.05, 0.1) is 5.52 Å². The van der Waals surface area contributed by atoms with Crippen LogP contribution in [-0.2, 0) is 24.7 Å². The van der Waals surface area contributed by atoms with Gasteiger partial charge >= 0.3 is 0 Å². The number of aliphatic hydroxyl groups is 1. The third-order valence-electron chi connectivity index (χ3n) is 6.18. The molecular weight excluding hydrogens is 422 g/mol. The summed E-state index contributed by atoms with van der Waals surface area (Å²) >= 11 is 0. The maximum absolute atomic E-state index is 8.93. The first-order valence-electron chi connectivity index (χ1n) is 12.3. The SMILES string of the molecule is Cc1c(CCc2ccc(CCCCCO)cc2)nc2cccc(O[Si](C)C)c2c1C(C)(C)C. The molecule has 3 aromatic rings. The third kappa shape index (κ3) is 6.67. The molecule has 0 unspecified atom stereocenters. The van der Waals surface area contributed by atoms with E-state index in [2.05, 4.69) is 83.3 Å². The molecule has 0 amide bonds. The normalized spacial score (nSPS) is 12.0. The summed E-state index contributed by atoms with van der Waals surface area (Å²) in [6.07, 6.45) is 6.14. The Hall–Kier alpha value is -2.17. The number of aryl methyl sites for hydroxylation is 3. The molecule has 0 saturated heterocycles. The average molecular weight is 463 g/mol. The van der Waals surface area contributed by atoms with Crippen molar-refractivity contribution >= 4 is 19.9 Å². The number of rotatable bonds is 10. The van der Waals surface area contributed by atoms with Crippen LogP contribution >= 0.6 is 0 Å². The van der Waals surface area contributed by atoms with E-state index in [0.29, 0.717) is 6.61 Å². The fraction of sp³-hybridized carbons (Fsp3) is 0.483. The Kier molecular flexibility index (Phi) is 8.72. The molecule has 0 spiro atoms. The number of pyridine rings is 1. The topological polar surface area (TPSA) is 42.4 Å². The van der Waals surface area contributed by atoms with Crippen LogP contribution in [0.2, 0.25) is 13.1 Å². The second-order valence-electron chi connectivity index (χ2n) is 10.3. The highest BCUT2D eigenvalue weighted by Crippen LogP contribution is 2.38. The zero-order valence-electron chi connectivity index (χ0n) is 21.3. The molecule has 0 bridgehead atoms. The van der Waals surface area contributed by atoms with Crippen molar-refractivity contribution in [3.63, 3.8) is 0 Å².